The Hall–Kier alpha value is -3.54. The molecule has 0 bridgehead atoms. The molecule has 11 heteroatoms. The Morgan fingerprint density at radius 1 is 1.04 bits per heavy atom. The Morgan fingerprint density at radius 2 is 1.78 bits per heavy atom. The summed E-state index contributed by atoms with van der Waals surface area (Å²) < 4.78 is 28.8. The molecule has 2 aliphatic heterocycles. The van der Waals surface area contributed by atoms with Crippen LogP contribution in [0.4, 0.5) is 10.5 Å². The second-order valence-corrected chi connectivity index (χ2v) is 12.7. The standard InChI is InChI=1S/C35H51N3O8/c1-35(2,33(39)36-3)22-27-21-29(26-9-11-28(12-10-26)44-18-7-17-43-5)32(23-38(27)34(40)41)46-24-25-8-13-31-30(20-25)37(15-19-45-31)14-6-16-42-4/h8-13,20,27,29,32H,6-7,14-19,21-24H2,1-5H3,(H,36,39)(H,40,41)/t27-,29+,32-/m0/s1. The molecule has 0 radical (unpaired) electrons. The van der Waals surface area contributed by atoms with Crippen molar-refractivity contribution in [2.24, 2.45) is 5.41 Å². The normalized spacial score (nSPS) is 19.7. The number of likely N-dealkylation sites (tertiary alicyclic amines) is 1. The first-order valence-corrected chi connectivity index (χ1v) is 16.2. The molecule has 2 amide bonds. The molecule has 0 spiro atoms. The van der Waals surface area contributed by atoms with E-state index in [1.54, 1.807) is 21.3 Å². The van der Waals surface area contributed by atoms with Crippen molar-refractivity contribution in [3.8, 4) is 11.5 Å². The molecule has 0 saturated carbocycles. The Balaban J connectivity index is 1.55. The quantitative estimate of drug-likeness (QED) is 0.246. The Morgan fingerprint density at radius 3 is 2.48 bits per heavy atom. The number of piperidine rings is 1. The summed E-state index contributed by atoms with van der Waals surface area (Å²) in [5.41, 5.74) is 2.33. The highest BCUT2D eigenvalue weighted by molar-refractivity contribution is 5.81. The average Bonchev–Trinajstić information content (AvgIpc) is 3.05. The first-order chi connectivity index (χ1) is 22.2. The van der Waals surface area contributed by atoms with Crippen LogP contribution in [0.5, 0.6) is 11.5 Å². The van der Waals surface area contributed by atoms with Crippen molar-refractivity contribution >= 4 is 17.7 Å². The van der Waals surface area contributed by atoms with Crippen LogP contribution in [0.1, 0.15) is 56.6 Å². The van der Waals surface area contributed by atoms with E-state index in [0.717, 1.165) is 54.2 Å². The molecule has 1 fully saturated rings. The van der Waals surface area contributed by atoms with Gasteiger partial charge in [0, 0.05) is 64.8 Å². The molecule has 2 N–H and O–H groups in total. The Bertz CT molecular complexity index is 1270. The number of methoxy groups -OCH3 is 2. The summed E-state index contributed by atoms with van der Waals surface area (Å²) in [6.07, 6.45) is 1.23. The number of rotatable bonds is 16. The van der Waals surface area contributed by atoms with Crippen LogP contribution in [-0.2, 0) is 25.6 Å². The number of anilines is 1. The van der Waals surface area contributed by atoms with Crippen LogP contribution in [0.25, 0.3) is 0 Å². The highest BCUT2D eigenvalue weighted by Crippen LogP contribution is 2.40. The number of carbonyl (C=O) groups is 2. The van der Waals surface area contributed by atoms with Gasteiger partial charge in [0.25, 0.3) is 0 Å². The summed E-state index contributed by atoms with van der Waals surface area (Å²) in [5.74, 6) is 1.42. The van der Waals surface area contributed by atoms with Crippen LogP contribution in [0.2, 0.25) is 0 Å². The van der Waals surface area contributed by atoms with Crippen molar-refractivity contribution in [3.05, 3.63) is 53.6 Å². The van der Waals surface area contributed by atoms with Gasteiger partial charge in [-0.3, -0.25) is 4.79 Å². The number of hydrogen-bond acceptors (Lipinski definition) is 8. The van der Waals surface area contributed by atoms with Crippen molar-refractivity contribution in [2.75, 3.05) is 72.2 Å². The number of nitrogens with zero attached hydrogens (tertiary/aromatic N) is 2. The van der Waals surface area contributed by atoms with Crippen molar-refractivity contribution in [1.82, 2.24) is 10.2 Å². The molecule has 2 heterocycles. The molecule has 2 aromatic rings. The van der Waals surface area contributed by atoms with E-state index in [-0.39, 0.29) is 24.4 Å². The minimum absolute atomic E-state index is 0.0878. The fourth-order valence-electron chi connectivity index (χ4n) is 6.46. The maximum atomic E-state index is 12.7. The van der Waals surface area contributed by atoms with Crippen molar-refractivity contribution in [3.63, 3.8) is 0 Å². The van der Waals surface area contributed by atoms with Gasteiger partial charge in [-0.25, -0.2) is 4.79 Å². The lowest BCUT2D eigenvalue weighted by atomic mass is 9.76. The molecule has 1 saturated heterocycles. The van der Waals surface area contributed by atoms with Gasteiger partial charge in [0.1, 0.15) is 18.1 Å². The van der Waals surface area contributed by atoms with Crippen molar-refractivity contribution in [2.45, 2.75) is 64.2 Å². The van der Waals surface area contributed by atoms with E-state index in [9.17, 15) is 14.7 Å². The Kier molecular flexibility index (Phi) is 12.9. The van der Waals surface area contributed by atoms with E-state index in [0.29, 0.717) is 45.9 Å². The monoisotopic (exact) mass is 641 g/mol. The van der Waals surface area contributed by atoms with E-state index < -0.39 is 17.6 Å². The molecule has 254 valence electrons. The molecule has 0 aromatic heterocycles. The molecule has 4 rings (SSSR count). The van der Waals surface area contributed by atoms with Crippen LogP contribution < -0.4 is 19.7 Å². The zero-order valence-corrected chi connectivity index (χ0v) is 28.0. The molecule has 11 nitrogen and oxygen atoms in total. The smallest absolute Gasteiger partial charge is 0.407 e. The summed E-state index contributed by atoms with van der Waals surface area (Å²) in [7, 11) is 4.99. The van der Waals surface area contributed by atoms with Crippen LogP contribution in [0.15, 0.2) is 42.5 Å². The van der Waals surface area contributed by atoms with Gasteiger partial charge in [0.15, 0.2) is 0 Å². The first-order valence-electron chi connectivity index (χ1n) is 16.2. The zero-order chi connectivity index (χ0) is 33.1. The lowest BCUT2D eigenvalue weighted by molar-refractivity contribution is -0.130. The number of carboxylic acid groups (broad SMARTS) is 1. The number of hydrogen-bond donors (Lipinski definition) is 2. The predicted octanol–water partition coefficient (Wildman–Crippen LogP) is 4.92. The van der Waals surface area contributed by atoms with Crippen molar-refractivity contribution < 1.29 is 38.4 Å². The minimum Gasteiger partial charge on any atom is -0.494 e. The van der Waals surface area contributed by atoms with E-state index in [1.165, 1.54) is 4.90 Å². The van der Waals surface area contributed by atoms with E-state index in [2.05, 4.69) is 16.3 Å². The molecular weight excluding hydrogens is 590 g/mol. The van der Waals surface area contributed by atoms with Gasteiger partial charge in [-0.05, 0) is 54.7 Å². The van der Waals surface area contributed by atoms with Gasteiger partial charge >= 0.3 is 6.09 Å². The number of amides is 2. The van der Waals surface area contributed by atoms with Crippen LogP contribution >= 0.6 is 0 Å². The second kappa shape index (κ2) is 16.9. The fraction of sp³-hybridized carbons (Fsp3) is 0.600. The van der Waals surface area contributed by atoms with Gasteiger partial charge in [-0.1, -0.05) is 32.0 Å². The number of carbonyl (C=O) groups excluding carboxylic acids is 1. The van der Waals surface area contributed by atoms with Gasteiger partial charge < -0.3 is 43.9 Å². The molecule has 2 aromatic carbocycles. The fourth-order valence-corrected chi connectivity index (χ4v) is 6.46. The highest BCUT2D eigenvalue weighted by atomic mass is 16.5. The molecule has 0 aliphatic carbocycles. The van der Waals surface area contributed by atoms with E-state index in [1.807, 2.05) is 50.2 Å². The maximum Gasteiger partial charge on any atom is 0.407 e. The minimum atomic E-state index is -1.01. The third-order valence-electron chi connectivity index (χ3n) is 8.92. The highest BCUT2D eigenvalue weighted by Gasteiger charge is 2.43. The summed E-state index contributed by atoms with van der Waals surface area (Å²) in [6.45, 7) is 8.43. The zero-order valence-electron chi connectivity index (χ0n) is 28.0. The van der Waals surface area contributed by atoms with Crippen LogP contribution in [-0.4, -0.2) is 101 Å². The molecule has 46 heavy (non-hydrogen) atoms. The predicted molar refractivity (Wildman–Crippen MR) is 176 cm³/mol. The number of fused-ring (bicyclic) bond motifs is 1. The van der Waals surface area contributed by atoms with Crippen molar-refractivity contribution in [1.29, 1.82) is 0 Å². The van der Waals surface area contributed by atoms with Gasteiger partial charge in [0.2, 0.25) is 5.91 Å². The third-order valence-corrected chi connectivity index (χ3v) is 8.92. The summed E-state index contributed by atoms with van der Waals surface area (Å²) >= 11 is 0. The second-order valence-electron chi connectivity index (χ2n) is 12.7. The Labute approximate surface area is 273 Å². The lowest BCUT2D eigenvalue weighted by Crippen LogP contribution is -2.54. The van der Waals surface area contributed by atoms with Gasteiger partial charge in [-0.2, -0.15) is 0 Å². The topological polar surface area (TPSA) is 119 Å². The van der Waals surface area contributed by atoms with Crippen LogP contribution in [0, 0.1) is 5.41 Å². The third kappa shape index (κ3) is 9.27. The largest absolute Gasteiger partial charge is 0.494 e. The SMILES string of the molecule is CNC(=O)C(C)(C)C[C@@H]1C[C@H](c2ccc(OCCCOC)cc2)[C@@H](OCc2ccc3c(c2)N(CCCOC)CCO3)CN1C(=O)O. The summed E-state index contributed by atoms with van der Waals surface area (Å²) in [4.78, 5) is 29.0. The lowest BCUT2D eigenvalue weighted by Gasteiger charge is -2.45. The van der Waals surface area contributed by atoms with Gasteiger partial charge in [0.05, 0.1) is 38.1 Å². The number of nitrogens with one attached hydrogen (secondary N) is 1. The van der Waals surface area contributed by atoms with Gasteiger partial charge in [-0.15, -0.1) is 0 Å². The van der Waals surface area contributed by atoms with E-state index >= 15 is 0 Å². The average molecular weight is 642 g/mol. The maximum absolute atomic E-state index is 12.7. The summed E-state index contributed by atoms with van der Waals surface area (Å²) in [6, 6.07) is 13.7. The molecule has 0 unspecified atom stereocenters. The number of ether oxygens (including phenoxy) is 5. The van der Waals surface area contributed by atoms with Crippen LogP contribution in [0.3, 0.4) is 0 Å². The number of benzene rings is 2. The molecular formula is C35H51N3O8. The molecule has 3 atom stereocenters. The van der Waals surface area contributed by atoms with E-state index in [4.69, 9.17) is 23.7 Å². The molecule has 2 aliphatic rings. The first kappa shape index (κ1) is 35.3. The summed E-state index contributed by atoms with van der Waals surface area (Å²) in [5, 5.41) is 13.0.